The van der Waals surface area contributed by atoms with Crippen LogP contribution in [0.15, 0.2) is 48.5 Å². The minimum Gasteiger partial charge on any atom is -0.394 e. The fourth-order valence-electron chi connectivity index (χ4n) is 3.46. The van der Waals surface area contributed by atoms with E-state index in [1.165, 1.54) is 0 Å². The maximum atomic E-state index is 13.3. The van der Waals surface area contributed by atoms with Crippen LogP contribution in [-0.4, -0.2) is 52.0 Å². The SMILES string of the molecule is O=C(c1n[nH]c2ccccc12)N1CCO[C@@H](CO)[C@@H]1c1ccccc1Cl. The van der Waals surface area contributed by atoms with E-state index in [2.05, 4.69) is 10.2 Å². The number of halogens is 1. The zero-order chi connectivity index (χ0) is 18.1. The Morgan fingerprint density at radius 3 is 2.85 bits per heavy atom. The second kappa shape index (κ2) is 7.07. The predicted octanol–water partition coefficient (Wildman–Crippen LogP) is 2.79. The normalized spacial score (nSPS) is 20.5. The van der Waals surface area contributed by atoms with Crippen molar-refractivity contribution in [1.82, 2.24) is 15.1 Å². The molecule has 0 spiro atoms. The molecule has 0 unspecified atom stereocenters. The highest BCUT2D eigenvalue weighted by Crippen LogP contribution is 2.35. The second-order valence-corrected chi connectivity index (χ2v) is 6.58. The van der Waals surface area contributed by atoms with Gasteiger partial charge in [0.1, 0.15) is 6.10 Å². The number of ether oxygens (including phenoxy) is 1. The van der Waals surface area contributed by atoms with Crippen LogP contribution in [0.5, 0.6) is 0 Å². The molecule has 1 fully saturated rings. The van der Waals surface area contributed by atoms with Gasteiger partial charge in [-0.2, -0.15) is 5.10 Å². The summed E-state index contributed by atoms with van der Waals surface area (Å²) in [6, 6.07) is 14.3. The topological polar surface area (TPSA) is 78.5 Å². The molecule has 0 saturated carbocycles. The van der Waals surface area contributed by atoms with Gasteiger partial charge in [0, 0.05) is 17.0 Å². The number of amides is 1. The molecule has 7 heteroatoms. The number of aromatic nitrogens is 2. The third-order valence-electron chi connectivity index (χ3n) is 4.69. The van der Waals surface area contributed by atoms with Crippen LogP contribution in [-0.2, 0) is 4.74 Å². The van der Waals surface area contributed by atoms with Crippen molar-refractivity contribution in [3.05, 3.63) is 64.8 Å². The van der Waals surface area contributed by atoms with Crippen molar-refractivity contribution >= 4 is 28.4 Å². The number of aliphatic hydroxyl groups excluding tert-OH is 1. The number of rotatable bonds is 3. The minimum absolute atomic E-state index is 0.207. The summed E-state index contributed by atoms with van der Waals surface area (Å²) in [4.78, 5) is 15.0. The summed E-state index contributed by atoms with van der Waals surface area (Å²) >= 11 is 6.37. The Balaban J connectivity index is 1.77. The zero-order valence-electron chi connectivity index (χ0n) is 13.9. The summed E-state index contributed by atoms with van der Waals surface area (Å²) < 4.78 is 5.70. The molecule has 6 nitrogen and oxygen atoms in total. The number of nitrogens with one attached hydrogen (secondary N) is 1. The van der Waals surface area contributed by atoms with E-state index in [4.69, 9.17) is 16.3 Å². The number of fused-ring (bicyclic) bond motifs is 1. The van der Waals surface area contributed by atoms with Gasteiger partial charge >= 0.3 is 0 Å². The number of hydrogen-bond acceptors (Lipinski definition) is 4. The highest BCUT2D eigenvalue weighted by atomic mass is 35.5. The number of aromatic amines is 1. The number of benzene rings is 2. The number of nitrogens with zero attached hydrogens (tertiary/aromatic N) is 2. The van der Waals surface area contributed by atoms with Gasteiger partial charge in [-0.15, -0.1) is 0 Å². The zero-order valence-corrected chi connectivity index (χ0v) is 14.7. The van der Waals surface area contributed by atoms with E-state index in [0.29, 0.717) is 23.9 Å². The lowest BCUT2D eigenvalue weighted by molar-refractivity contribution is -0.0812. The number of aliphatic hydroxyl groups is 1. The molecular formula is C19H18ClN3O3. The van der Waals surface area contributed by atoms with Crippen LogP contribution in [0, 0.1) is 0 Å². The van der Waals surface area contributed by atoms with Gasteiger partial charge in [-0.25, -0.2) is 0 Å². The average Bonchev–Trinajstić information content (AvgIpc) is 3.11. The van der Waals surface area contributed by atoms with Crippen molar-refractivity contribution in [3.8, 4) is 0 Å². The standard InChI is InChI=1S/C19H18ClN3O3/c20-14-7-3-1-5-12(14)18-16(11-24)26-10-9-23(18)19(25)17-13-6-2-4-8-15(13)21-22-17/h1-8,16,18,24H,9-11H2,(H,21,22)/t16-,18-/m0/s1. The molecule has 1 saturated heterocycles. The summed E-state index contributed by atoms with van der Waals surface area (Å²) in [5.74, 6) is -0.214. The molecule has 0 bridgehead atoms. The van der Waals surface area contributed by atoms with E-state index in [1.54, 1.807) is 11.0 Å². The van der Waals surface area contributed by atoms with E-state index in [0.717, 1.165) is 16.5 Å². The van der Waals surface area contributed by atoms with Gasteiger partial charge in [-0.3, -0.25) is 9.89 Å². The monoisotopic (exact) mass is 371 g/mol. The molecule has 2 N–H and O–H groups in total. The maximum Gasteiger partial charge on any atom is 0.275 e. The van der Waals surface area contributed by atoms with Crippen molar-refractivity contribution in [2.24, 2.45) is 0 Å². The summed E-state index contributed by atoms with van der Waals surface area (Å²) in [6.45, 7) is 0.535. The largest absolute Gasteiger partial charge is 0.394 e. The Morgan fingerprint density at radius 1 is 1.27 bits per heavy atom. The average molecular weight is 372 g/mol. The molecule has 2 atom stereocenters. The molecule has 1 aromatic heterocycles. The number of carbonyl (C=O) groups excluding carboxylic acids is 1. The smallest absolute Gasteiger partial charge is 0.275 e. The van der Waals surface area contributed by atoms with Crippen molar-refractivity contribution in [1.29, 1.82) is 0 Å². The van der Waals surface area contributed by atoms with E-state index in [9.17, 15) is 9.90 Å². The van der Waals surface area contributed by atoms with E-state index in [-0.39, 0.29) is 12.5 Å². The second-order valence-electron chi connectivity index (χ2n) is 6.17. The molecular weight excluding hydrogens is 354 g/mol. The quantitative estimate of drug-likeness (QED) is 0.742. The molecule has 2 aromatic carbocycles. The molecule has 134 valence electrons. The number of carbonyl (C=O) groups is 1. The molecule has 3 aromatic rings. The first-order valence-electron chi connectivity index (χ1n) is 8.41. The summed E-state index contributed by atoms with van der Waals surface area (Å²) in [5, 5.41) is 18.2. The van der Waals surface area contributed by atoms with Gasteiger partial charge in [0.25, 0.3) is 5.91 Å². The number of H-pyrrole nitrogens is 1. The van der Waals surface area contributed by atoms with Crippen LogP contribution < -0.4 is 0 Å². The minimum atomic E-state index is -0.544. The summed E-state index contributed by atoms with van der Waals surface area (Å²) in [6.07, 6.45) is -0.544. The Hall–Kier alpha value is -2.41. The maximum absolute atomic E-state index is 13.3. The first-order valence-corrected chi connectivity index (χ1v) is 8.79. The fraction of sp³-hybridized carbons (Fsp3) is 0.263. The number of para-hydroxylation sites is 1. The van der Waals surface area contributed by atoms with Gasteiger partial charge in [-0.05, 0) is 17.7 Å². The lowest BCUT2D eigenvalue weighted by atomic mass is 9.97. The van der Waals surface area contributed by atoms with E-state index in [1.807, 2.05) is 42.5 Å². The molecule has 2 heterocycles. The fourth-order valence-corrected chi connectivity index (χ4v) is 3.71. The Morgan fingerprint density at radius 2 is 2.04 bits per heavy atom. The van der Waals surface area contributed by atoms with Crippen molar-refractivity contribution in [2.45, 2.75) is 12.1 Å². The van der Waals surface area contributed by atoms with Crippen LogP contribution in [0.25, 0.3) is 10.9 Å². The van der Waals surface area contributed by atoms with Gasteiger partial charge in [0.05, 0.1) is 24.8 Å². The number of hydrogen-bond donors (Lipinski definition) is 2. The van der Waals surface area contributed by atoms with Crippen LogP contribution in [0.3, 0.4) is 0 Å². The van der Waals surface area contributed by atoms with Gasteiger partial charge in [0.15, 0.2) is 5.69 Å². The third kappa shape index (κ3) is 2.86. The van der Waals surface area contributed by atoms with E-state index < -0.39 is 12.1 Å². The van der Waals surface area contributed by atoms with Crippen LogP contribution >= 0.6 is 11.6 Å². The lowest BCUT2D eigenvalue weighted by Crippen LogP contribution is -2.49. The number of morpholine rings is 1. The molecule has 0 aliphatic carbocycles. The summed E-state index contributed by atoms with van der Waals surface area (Å²) in [5.41, 5.74) is 1.91. The van der Waals surface area contributed by atoms with Crippen molar-refractivity contribution in [3.63, 3.8) is 0 Å². The van der Waals surface area contributed by atoms with Crippen LogP contribution in [0.1, 0.15) is 22.1 Å². The van der Waals surface area contributed by atoms with Gasteiger partial charge in [-0.1, -0.05) is 48.0 Å². The molecule has 1 amide bonds. The first kappa shape index (κ1) is 17.0. The van der Waals surface area contributed by atoms with Crippen molar-refractivity contribution < 1.29 is 14.6 Å². The van der Waals surface area contributed by atoms with Crippen LogP contribution in [0.4, 0.5) is 0 Å². The van der Waals surface area contributed by atoms with Crippen LogP contribution in [0.2, 0.25) is 5.02 Å². The lowest BCUT2D eigenvalue weighted by Gasteiger charge is -2.40. The Kier molecular flexibility index (Phi) is 4.63. The Labute approximate surface area is 155 Å². The van der Waals surface area contributed by atoms with Gasteiger partial charge in [0.2, 0.25) is 0 Å². The molecule has 4 rings (SSSR count). The molecule has 0 radical (unpaired) electrons. The highest BCUT2D eigenvalue weighted by Gasteiger charge is 2.38. The predicted molar refractivity (Wildman–Crippen MR) is 98.1 cm³/mol. The van der Waals surface area contributed by atoms with E-state index >= 15 is 0 Å². The third-order valence-corrected chi connectivity index (χ3v) is 5.03. The first-order chi connectivity index (χ1) is 12.7. The Bertz CT molecular complexity index is 942. The highest BCUT2D eigenvalue weighted by molar-refractivity contribution is 6.31. The van der Waals surface area contributed by atoms with Crippen molar-refractivity contribution in [2.75, 3.05) is 19.8 Å². The molecule has 1 aliphatic heterocycles. The molecule has 26 heavy (non-hydrogen) atoms. The molecule has 1 aliphatic rings. The van der Waals surface area contributed by atoms with Gasteiger partial charge < -0.3 is 14.7 Å². The summed E-state index contributed by atoms with van der Waals surface area (Å²) in [7, 11) is 0.